The van der Waals surface area contributed by atoms with Gasteiger partial charge in [-0.15, -0.1) is 13.2 Å². The quantitative estimate of drug-likeness (QED) is 0.656. The molecule has 0 amide bonds. The third kappa shape index (κ3) is 2.56. The zero-order valence-electron chi connectivity index (χ0n) is 8.08. The van der Waals surface area contributed by atoms with Gasteiger partial charge in [0.05, 0.1) is 6.10 Å². The van der Waals surface area contributed by atoms with Crippen molar-refractivity contribution in [3.8, 4) is 0 Å². The van der Waals surface area contributed by atoms with Gasteiger partial charge >= 0.3 is 0 Å². The van der Waals surface area contributed by atoms with Crippen LogP contribution in [0.5, 0.6) is 0 Å². The van der Waals surface area contributed by atoms with Crippen LogP contribution < -0.4 is 0 Å². The van der Waals surface area contributed by atoms with Gasteiger partial charge in [-0.05, 0) is 31.3 Å². The molecular weight excluding hydrogens is 160 g/mol. The molecule has 1 aliphatic carbocycles. The molecule has 0 aromatic heterocycles. The van der Waals surface area contributed by atoms with E-state index >= 15 is 0 Å². The molecule has 13 heavy (non-hydrogen) atoms. The van der Waals surface area contributed by atoms with E-state index in [4.69, 9.17) is 0 Å². The number of hydrogen-bond donors (Lipinski definition) is 1. The average molecular weight is 178 g/mol. The number of rotatable bonds is 4. The lowest BCUT2D eigenvalue weighted by Crippen LogP contribution is -2.20. The van der Waals surface area contributed by atoms with Gasteiger partial charge < -0.3 is 5.11 Å². The Labute approximate surface area is 80.5 Å². The van der Waals surface area contributed by atoms with E-state index in [1.54, 1.807) is 12.2 Å². The third-order valence-electron chi connectivity index (χ3n) is 2.61. The highest BCUT2D eigenvalue weighted by molar-refractivity contribution is 5.16. The fourth-order valence-electron chi connectivity index (χ4n) is 1.73. The van der Waals surface area contributed by atoms with E-state index in [1.807, 2.05) is 0 Å². The Morgan fingerprint density at radius 3 is 2.46 bits per heavy atom. The maximum atomic E-state index is 9.92. The molecule has 0 aliphatic heterocycles. The molecule has 1 nitrogen and oxygen atoms in total. The molecule has 1 rings (SSSR count). The van der Waals surface area contributed by atoms with Crippen LogP contribution in [0.1, 0.15) is 25.7 Å². The highest BCUT2D eigenvalue weighted by atomic mass is 16.3. The van der Waals surface area contributed by atoms with Crippen LogP contribution in [-0.4, -0.2) is 11.2 Å². The van der Waals surface area contributed by atoms with Crippen LogP contribution in [0.3, 0.4) is 0 Å². The minimum Gasteiger partial charge on any atom is -0.388 e. The fraction of sp³-hybridized carbons (Fsp3) is 0.500. The Morgan fingerprint density at radius 2 is 2.00 bits per heavy atom. The van der Waals surface area contributed by atoms with Crippen LogP contribution in [0.25, 0.3) is 0 Å². The van der Waals surface area contributed by atoms with E-state index in [1.165, 1.54) is 12.8 Å². The summed E-state index contributed by atoms with van der Waals surface area (Å²) in [6.45, 7) is 7.38. The molecule has 0 radical (unpaired) electrons. The van der Waals surface area contributed by atoms with Gasteiger partial charge in [0.2, 0.25) is 0 Å². The maximum absolute atomic E-state index is 9.92. The van der Waals surface area contributed by atoms with Crippen LogP contribution in [0.4, 0.5) is 0 Å². The van der Waals surface area contributed by atoms with Crippen molar-refractivity contribution in [3.05, 3.63) is 37.0 Å². The summed E-state index contributed by atoms with van der Waals surface area (Å²) in [6, 6.07) is 0. The van der Waals surface area contributed by atoms with Crippen LogP contribution in [0.2, 0.25) is 0 Å². The predicted molar refractivity (Wildman–Crippen MR) is 56.4 cm³/mol. The summed E-state index contributed by atoms with van der Waals surface area (Å²) in [5, 5.41) is 9.92. The van der Waals surface area contributed by atoms with E-state index in [0.29, 0.717) is 0 Å². The Bertz CT molecular complexity index is 207. The lowest BCUT2D eigenvalue weighted by Gasteiger charge is -2.22. The Balaban J connectivity index is 2.63. The number of hydrogen-bond acceptors (Lipinski definition) is 1. The second kappa shape index (κ2) is 5.03. The standard InChI is InChI=1S/C12H18O/c1-3-10(4-2)12(13)11-8-6-5-7-9-11/h3-4,8,10,12-13H,1-2,5-7,9H2. The Morgan fingerprint density at radius 1 is 1.31 bits per heavy atom. The SMILES string of the molecule is C=CC(C=C)C(O)C1=CCCCC1. The van der Waals surface area contributed by atoms with Gasteiger partial charge in [0, 0.05) is 5.92 Å². The van der Waals surface area contributed by atoms with Crippen LogP contribution >= 0.6 is 0 Å². The number of allylic oxidation sites excluding steroid dienone is 1. The molecule has 0 fully saturated rings. The molecule has 1 unspecified atom stereocenters. The zero-order valence-corrected chi connectivity index (χ0v) is 8.08. The van der Waals surface area contributed by atoms with Crippen molar-refractivity contribution >= 4 is 0 Å². The molecule has 0 spiro atoms. The van der Waals surface area contributed by atoms with E-state index in [0.717, 1.165) is 18.4 Å². The maximum Gasteiger partial charge on any atom is 0.0847 e. The van der Waals surface area contributed by atoms with E-state index in [2.05, 4.69) is 19.2 Å². The largest absolute Gasteiger partial charge is 0.388 e. The van der Waals surface area contributed by atoms with Crippen molar-refractivity contribution in [1.82, 2.24) is 0 Å². The average Bonchev–Trinajstić information content (AvgIpc) is 2.21. The van der Waals surface area contributed by atoms with Gasteiger partial charge in [-0.25, -0.2) is 0 Å². The molecular formula is C12H18O. The molecule has 72 valence electrons. The summed E-state index contributed by atoms with van der Waals surface area (Å²) >= 11 is 0. The van der Waals surface area contributed by atoms with Crippen molar-refractivity contribution in [2.45, 2.75) is 31.8 Å². The molecule has 1 atom stereocenters. The van der Waals surface area contributed by atoms with Gasteiger partial charge in [-0.1, -0.05) is 18.2 Å². The summed E-state index contributed by atoms with van der Waals surface area (Å²) in [5.74, 6) is 0.00403. The van der Waals surface area contributed by atoms with Crippen molar-refractivity contribution in [2.75, 3.05) is 0 Å². The predicted octanol–water partition coefficient (Wildman–Crippen LogP) is 2.84. The van der Waals surface area contributed by atoms with E-state index in [-0.39, 0.29) is 5.92 Å². The minimum absolute atomic E-state index is 0.00403. The zero-order chi connectivity index (χ0) is 9.68. The molecule has 0 saturated carbocycles. The monoisotopic (exact) mass is 178 g/mol. The molecule has 0 aromatic carbocycles. The minimum atomic E-state index is -0.393. The number of aliphatic hydroxyl groups excluding tert-OH is 1. The second-order valence-electron chi connectivity index (χ2n) is 3.52. The van der Waals surface area contributed by atoms with Crippen molar-refractivity contribution in [1.29, 1.82) is 0 Å². The first-order valence-electron chi connectivity index (χ1n) is 4.91. The lowest BCUT2D eigenvalue weighted by molar-refractivity contribution is 0.178. The van der Waals surface area contributed by atoms with Crippen molar-refractivity contribution in [2.24, 2.45) is 5.92 Å². The summed E-state index contributed by atoms with van der Waals surface area (Å²) in [7, 11) is 0. The first kappa shape index (κ1) is 10.3. The van der Waals surface area contributed by atoms with Gasteiger partial charge in [0.15, 0.2) is 0 Å². The first-order valence-corrected chi connectivity index (χ1v) is 4.91. The molecule has 1 aliphatic rings. The summed E-state index contributed by atoms with van der Waals surface area (Å²) in [6.07, 6.45) is 9.86. The lowest BCUT2D eigenvalue weighted by atomic mass is 9.88. The van der Waals surface area contributed by atoms with Crippen LogP contribution in [-0.2, 0) is 0 Å². The smallest absolute Gasteiger partial charge is 0.0847 e. The van der Waals surface area contributed by atoms with Gasteiger partial charge in [-0.3, -0.25) is 0 Å². The number of aliphatic hydroxyl groups is 1. The van der Waals surface area contributed by atoms with Crippen molar-refractivity contribution in [3.63, 3.8) is 0 Å². The Hall–Kier alpha value is -0.820. The second-order valence-corrected chi connectivity index (χ2v) is 3.52. The highest BCUT2D eigenvalue weighted by Crippen LogP contribution is 2.24. The molecule has 0 bridgehead atoms. The normalized spacial score (nSPS) is 19.4. The van der Waals surface area contributed by atoms with Gasteiger partial charge in [-0.2, -0.15) is 0 Å². The molecule has 0 aromatic rings. The van der Waals surface area contributed by atoms with E-state index in [9.17, 15) is 5.11 Å². The van der Waals surface area contributed by atoms with Gasteiger partial charge in [0.25, 0.3) is 0 Å². The first-order chi connectivity index (χ1) is 6.29. The van der Waals surface area contributed by atoms with Crippen molar-refractivity contribution < 1.29 is 5.11 Å². The molecule has 1 heteroatoms. The fourth-order valence-corrected chi connectivity index (χ4v) is 1.73. The topological polar surface area (TPSA) is 20.2 Å². The van der Waals surface area contributed by atoms with E-state index < -0.39 is 6.10 Å². The van der Waals surface area contributed by atoms with Gasteiger partial charge in [0.1, 0.15) is 0 Å². The Kier molecular flexibility index (Phi) is 3.97. The van der Waals surface area contributed by atoms with Crippen LogP contribution in [0.15, 0.2) is 37.0 Å². The van der Waals surface area contributed by atoms with Crippen LogP contribution in [0, 0.1) is 5.92 Å². The molecule has 0 heterocycles. The summed E-state index contributed by atoms with van der Waals surface area (Å²) in [4.78, 5) is 0. The highest BCUT2D eigenvalue weighted by Gasteiger charge is 2.18. The summed E-state index contributed by atoms with van der Waals surface area (Å²) in [5.41, 5.74) is 1.16. The molecule has 1 N–H and O–H groups in total. The third-order valence-corrected chi connectivity index (χ3v) is 2.61. The molecule has 0 saturated heterocycles. The summed E-state index contributed by atoms with van der Waals surface area (Å²) < 4.78 is 0.